The predicted octanol–water partition coefficient (Wildman–Crippen LogP) is 1.55. The van der Waals surface area contributed by atoms with Crippen LogP contribution < -0.4 is 0 Å². The number of ketones is 1. The third-order valence-electron chi connectivity index (χ3n) is 2.50. The van der Waals surface area contributed by atoms with E-state index in [-0.39, 0.29) is 18.2 Å². The molecule has 0 radical (unpaired) electrons. The van der Waals surface area contributed by atoms with Gasteiger partial charge in [0.2, 0.25) is 0 Å². The fourth-order valence-electron chi connectivity index (χ4n) is 1.27. The lowest BCUT2D eigenvalue weighted by Crippen LogP contribution is -2.34. The van der Waals surface area contributed by atoms with E-state index in [1.807, 2.05) is 6.92 Å². The molecule has 0 aromatic carbocycles. The molecule has 0 aliphatic rings. The Kier molecular flexibility index (Phi) is 6.02. The van der Waals surface area contributed by atoms with Gasteiger partial charge in [0.1, 0.15) is 5.41 Å². The molecular weight excluding hydrogens is 222 g/mol. The number of ether oxygens (including phenoxy) is 1. The Bertz CT molecular complexity index is 320. The number of carbonyl (C=O) groups is 2. The maximum atomic E-state index is 11.8. The van der Waals surface area contributed by atoms with Crippen LogP contribution in [-0.4, -0.2) is 42.3 Å². The third-order valence-corrected chi connectivity index (χ3v) is 2.50. The first-order chi connectivity index (χ1) is 7.71. The number of nitrogens with zero attached hydrogens (tertiary/aromatic N) is 1. The fourth-order valence-corrected chi connectivity index (χ4v) is 1.27. The maximum Gasteiger partial charge on any atom is 0.316 e. The van der Waals surface area contributed by atoms with Gasteiger partial charge in [-0.3, -0.25) is 14.6 Å². The van der Waals surface area contributed by atoms with E-state index < -0.39 is 11.4 Å². The Morgan fingerprint density at radius 2 is 1.94 bits per heavy atom. The molecule has 0 saturated heterocycles. The molecule has 0 heterocycles. The zero-order chi connectivity index (χ0) is 13.6. The summed E-state index contributed by atoms with van der Waals surface area (Å²) in [4.78, 5) is 26.9. The second kappa shape index (κ2) is 6.49. The molecule has 0 fully saturated rings. The molecule has 0 saturated carbocycles. The number of aliphatic imine (C=N–C) groups is 1. The fraction of sp³-hybridized carbons (Fsp3) is 0.750. The lowest BCUT2D eigenvalue weighted by molar-refractivity contribution is -0.152. The second-order valence-electron chi connectivity index (χ2n) is 4.70. The molecule has 5 heteroatoms. The van der Waals surface area contributed by atoms with E-state index in [9.17, 15) is 9.59 Å². The standard InChI is InChI=1S/C12H21NO4/c1-8(13-9(2)7-17-5)6-10(14)12(3,4)11(15)16/h9H,6-7H2,1-5H3,(H,15,16). The SMILES string of the molecule is COCC(C)N=C(C)CC(=O)C(C)(C)C(=O)O. The van der Waals surface area contributed by atoms with E-state index in [4.69, 9.17) is 9.84 Å². The first-order valence-electron chi connectivity index (χ1n) is 5.50. The molecule has 98 valence electrons. The molecule has 0 bridgehead atoms. The summed E-state index contributed by atoms with van der Waals surface area (Å²) in [6, 6.07) is -0.0271. The van der Waals surface area contributed by atoms with Gasteiger partial charge in [0.15, 0.2) is 5.78 Å². The van der Waals surface area contributed by atoms with Crippen molar-refractivity contribution in [1.82, 2.24) is 0 Å². The number of methoxy groups -OCH3 is 1. The van der Waals surface area contributed by atoms with Crippen molar-refractivity contribution < 1.29 is 19.4 Å². The van der Waals surface area contributed by atoms with Crippen molar-refractivity contribution in [2.75, 3.05) is 13.7 Å². The number of hydrogen-bond donors (Lipinski definition) is 1. The molecule has 0 spiro atoms. The van der Waals surface area contributed by atoms with E-state index in [1.54, 1.807) is 14.0 Å². The molecule has 0 rings (SSSR count). The summed E-state index contributed by atoms with van der Waals surface area (Å²) in [6.45, 7) is 6.89. The lowest BCUT2D eigenvalue weighted by atomic mass is 9.86. The normalized spacial score (nSPS) is 14.5. The highest BCUT2D eigenvalue weighted by atomic mass is 16.5. The van der Waals surface area contributed by atoms with Crippen LogP contribution in [-0.2, 0) is 14.3 Å². The molecule has 0 aliphatic carbocycles. The second-order valence-corrected chi connectivity index (χ2v) is 4.70. The zero-order valence-electron chi connectivity index (χ0n) is 11.1. The van der Waals surface area contributed by atoms with Gasteiger partial charge in [-0.2, -0.15) is 0 Å². The van der Waals surface area contributed by atoms with E-state index in [2.05, 4.69) is 4.99 Å². The van der Waals surface area contributed by atoms with Crippen molar-refractivity contribution in [3.63, 3.8) is 0 Å². The van der Waals surface area contributed by atoms with Crippen molar-refractivity contribution in [1.29, 1.82) is 0 Å². The number of rotatable bonds is 7. The first kappa shape index (κ1) is 15.8. The molecule has 1 unspecified atom stereocenters. The number of hydrogen-bond acceptors (Lipinski definition) is 4. The van der Waals surface area contributed by atoms with Crippen LogP contribution in [0.2, 0.25) is 0 Å². The summed E-state index contributed by atoms with van der Waals surface area (Å²) in [5, 5.41) is 8.91. The van der Waals surface area contributed by atoms with Crippen molar-refractivity contribution in [2.24, 2.45) is 10.4 Å². The Morgan fingerprint density at radius 1 is 1.41 bits per heavy atom. The summed E-state index contributed by atoms with van der Waals surface area (Å²) in [7, 11) is 1.58. The van der Waals surface area contributed by atoms with E-state index in [0.717, 1.165) is 0 Å². The number of Topliss-reactive ketones (excluding diaryl/α,β-unsaturated/α-hetero) is 1. The van der Waals surface area contributed by atoms with Crippen LogP contribution in [0.25, 0.3) is 0 Å². The van der Waals surface area contributed by atoms with E-state index in [0.29, 0.717) is 12.3 Å². The highest BCUT2D eigenvalue weighted by molar-refractivity contribution is 6.10. The Hall–Kier alpha value is -1.23. The summed E-state index contributed by atoms with van der Waals surface area (Å²) in [5.41, 5.74) is -0.727. The number of aliphatic carboxylic acids is 1. The van der Waals surface area contributed by atoms with Gasteiger partial charge in [-0.15, -0.1) is 0 Å². The molecular formula is C12H21NO4. The van der Waals surface area contributed by atoms with Gasteiger partial charge < -0.3 is 9.84 Å². The van der Waals surface area contributed by atoms with Gasteiger partial charge in [-0.05, 0) is 27.7 Å². The van der Waals surface area contributed by atoms with Crippen molar-refractivity contribution in [3.05, 3.63) is 0 Å². The Labute approximate surface area is 102 Å². The van der Waals surface area contributed by atoms with Gasteiger partial charge in [-0.25, -0.2) is 0 Å². The highest BCUT2D eigenvalue weighted by Gasteiger charge is 2.35. The minimum atomic E-state index is -1.36. The summed E-state index contributed by atoms with van der Waals surface area (Å²) in [5.74, 6) is -1.45. The summed E-state index contributed by atoms with van der Waals surface area (Å²) in [6.07, 6.45) is 0.0629. The number of carboxylic acids is 1. The van der Waals surface area contributed by atoms with Crippen molar-refractivity contribution in [2.45, 2.75) is 40.2 Å². The summed E-state index contributed by atoms with van der Waals surface area (Å²) >= 11 is 0. The summed E-state index contributed by atoms with van der Waals surface area (Å²) < 4.78 is 4.93. The maximum absolute atomic E-state index is 11.8. The average Bonchev–Trinajstić information content (AvgIpc) is 2.16. The monoisotopic (exact) mass is 243 g/mol. The van der Waals surface area contributed by atoms with Gasteiger partial charge >= 0.3 is 5.97 Å². The largest absolute Gasteiger partial charge is 0.481 e. The number of carbonyl (C=O) groups excluding carboxylic acids is 1. The molecule has 17 heavy (non-hydrogen) atoms. The van der Waals surface area contributed by atoms with Crippen LogP contribution in [0.1, 0.15) is 34.1 Å². The zero-order valence-corrected chi connectivity index (χ0v) is 11.1. The van der Waals surface area contributed by atoms with Crippen molar-refractivity contribution in [3.8, 4) is 0 Å². The van der Waals surface area contributed by atoms with Crippen LogP contribution in [0.3, 0.4) is 0 Å². The van der Waals surface area contributed by atoms with Gasteiger partial charge in [-0.1, -0.05) is 0 Å². The average molecular weight is 243 g/mol. The number of carboxylic acid groups (broad SMARTS) is 1. The van der Waals surface area contributed by atoms with Gasteiger partial charge in [0.25, 0.3) is 0 Å². The quantitative estimate of drug-likeness (QED) is 0.543. The van der Waals surface area contributed by atoms with Gasteiger partial charge in [0.05, 0.1) is 12.6 Å². The van der Waals surface area contributed by atoms with Crippen LogP contribution >= 0.6 is 0 Å². The third kappa shape index (κ3) is 5.08. The molecule has 0 aliphatic heterocycles. The van der Waals surface area contributed by atoms with Crippen LogP contribution in [0.5, 0.6) is 0 Å². The predicted molar refractivity (Wildman–Crippen MR) is 65.5 cm³/mol. The Balaban J connectivity index is 4.54. The van der Waals surface area contributed by atoms with Crippen LogP contribution in [0.15, 0.2) is 4.99 Å². The molecule has 0 aromatic heterocycles. The van der Waals surface area contributed by atoms with E-state index >= 15 is 0 Å². The lowest BCUT2D eigenvalue weighted by Gasteiger charge is -2.17. The Morgan fingerprint density at radius 3 is 2.35 bits per heavy atom. The van der Waals surface area contributed by atoms with Crippen LogP contribution in [0, 0.1) is 5.41 Å². The highest BCUT2D eigenvalue weighted by Crippen LogP contribution is 2.19. The minimum Gasteiger partial charge on any atom is -0.481 e. The molecule has 1 atom stereocenters. The van der Waals surface area contributed by atoms with Crippen molar-refractivity contribution >= 4 is 17.5 Å². The molecule has 0 aromatic rings. The molecule has 1 N–H and O–H groups in total. The van der Waals surface area contributed by atoms with E-state index in [1.165, 1.54) is 13.8 Å². The topological polar surface area (TPSA) is 76.0 Å². The van der Waals surface area contributed by atoms with Gasteiger partial charge in [0, 0.05) is 19.2 Å². The minimum absolute atomic E-state index is 0.0271. The first-order valence-corrected chi connectivity index (χ1v) is 5.50. The molecule has 5 nitrogen and oxygen atoms in total. The smallest absolute Gasteiger partial charge is 0.316 e. The van der Waals surface area contributed by atoms with Crippen LogP contribution in [0.4, 0.5) is 0 Å². The molecule has 0 amide bonds.